The van der Waals surface area contributed by atoms with Crippen molar-refractivity contribution in [3.63, 3.8) is 0 Å². The molecule has 2 rings (SSSR count). The first-order valence-electron chi connectivity index (χ1n) is 5.73. The smallest absolute Gasteiger partial charge is 0.292 e. The van der Waals surface area contributed by atoms with E-state index in [9.17, 15) is 4.79 Å². The Kier molecular flexibility index (Phi) is 3.66. The average Bonchev–Trinajstić information content (AvgIpc) is 2.78. The van der Waals surface area contributed by atoms with Gasteiger partial charge in [-0.25, -0.2) is 0 Å². The molecule has 1 saturated heterocycles. The number of nitrogens with one attached hydrogen (secondary N) is 1. The molecule has 0 aromatic carbocycles. The third-order valence-corrected chi connectivity index (χ3v) is 2.94. The molecule has 2 aliphatic rings. The number of amides is 1. The molecule has 0 saturated carbocycles. The third kappa shape index (κ3) is 2.29. The van der Waals surface area contributed by atoms with Gasteiger partial charge in [0.2, 0.25) is 5.76 Å². The summed E-state index contributed by atoms with van der Waals surface area (Å²) in [6.07, 6.45) is 3.55. The molecule has 0 aromatic rings. The maximum absolute atomic E-state index is 12.1. The van der Waals surface area contributed by atoms with Gasteiger partial charge in [0.25, 0.3) is 5.91 Å². The lowest BCUT2D eigenvalue weighted by Crippen LogP contribution is -2.42. The molecule has 1 unspecified atom stereocenters. The van der Waals surface area contributed by atoms with E-state index in [4.69, 9.17) is 9.47 Å². The number of hydrogen-bond acceptors (Lipinski definition) is 4. The molecular formula is C11H18N2O3. The summed E-state index contributed by atoms with van der Waals surface area (Å²) in [5.41, 5.74) is 0. The zero-order chi connectivity index (χ0) is 11.4. The number of carbonyl (C=O) groups is 1. The minimum absolute atomic E-state index is 0.0440. The predicted octanol–water partition coefficient (Wildman–Crippen LogP) is 0.0850. The fourth-order valence-electron chi connectivity index (χ4n) is 2.17. The highest BCUT2D eigenvalue weighted by Gasteiger charge is 2.31. The maximum Gasteiger partial charge on any atom is 0.292 e. The van der Waals surface area contributed by atoms with Crippen molar-refractivity contribution in [1.82, 2.24) is 10.2 Å². The van der Waals surface area contributed by atoms with E-state index >= 15 is 0 Å². The molecule has 90 valence electrons. The van der Waals surface area contributed by atoms with Gasteiger partial charge in [-0.3, -0.25) is 4.79 Å². The summed E-state index contributed by atoms with van der Waals surface area (Å²) in [4.78, 5) is 14.0. The lowest BCUT2D eigenvalue weighted by atomic mass is 10.2. The fraction of sp³-hybridized carbons (Fsp3) is 0.727. The lowest BCUT2D eigenvalue weighted by molar-refractivity contribution is -0.133. The number of hydrogen-bond donors (Lipinski definition) is 1. The largest absolute Gasteiger partial charge is 0.494 e. The number of likely N-dealkylation sites (N-methyl/N-ethyl adjacent to an activating group) is 1. The average molecular weight is 226 g/mol. The van der Waals surface area contributed by atoms with Gasteiger partial charge in [-0.1, -0.05) is 0 Å². The number of rotatable bonds is 3. The zero-order valence-corrected chi connectivity index (χ0v) is 9.57. The van der Waals surface area contributed by atoms with Crippen LogP contribution in [0.3, 0.4) is 0 Å². The van der Waals surface area contributed by atoms with Crippen molar-refractivity contribution in [1.29, 1.82) is 0 Å². The van der Waals surface area contributed by atoms with Gasteiger partial charge in [-0.05, 0) is 19.9 Å². The minimum Gasteiger partial charge on any atom is -0.494 e. The van der Waals surface area contributed by atoms with Gasteiger partial charge in [-0.15, -0.1) is 0 Å². The molecule has 0 aliphatic carbocycles. The third-order valence-electron chi connectivity index (χ3n) is 2.94. The van der Waals surface area contributed by atoms with Crippen molar-refractivity contribution in [2.75, 3.05) is 33.4 Å². The van der Waals surface area contributed by atoms with Crippen LogP contribution in [0.2, 0.25) is 0 Å². The Bertz CT molecular complexity index is 291. The Morgan fingerprint density at radius 2 is 2.50 bits per heavy atom. The Morgan fingerprint density at radius 3 is 3.19 bits per heavy atom. The highest BCUT2D eigenvalue weighted by molar-refractivity contribution is 5.91. The number of carbonyl (C=O) groups excluding carboxylic acids is 1. The molecule has 0 bridgehead atoms. The number of likely N-dealkylation sites (tertiary alicyclic amines) is 1. The van der Waals surface area contributed by atoms with Crippen LogP contribution in [-0.4, -0.2) is 50.2 Å². The summed E-state index contributed by atoms with van der Waals surface area (Å²) < 4.78 is 10.4. The van der Waals surface area contributed by atoms with Crippen molar-refractivity contribution >= 4 is 5.91 Å². The molecule has 5 nitrogen and oxygen atoms in total. The van der Waals surface area contributed by atoms with Crippen molar-refractivity contribution in [2.24, 2.45) is 0 Å². The molecule has 1 atom stereocenters. The molecule has 1 amide bonds. The van der Waals surface area contributed by atoms with E-state index in [2.05, 4.69) is 5.32 Å². The summed E-state index contributed by atoms with van der Waals surface area (Å²) in [5, 5.41) is 3.11. The maximum atomic E-state index is 12.1. The molecule has 2 heterocycles. The Labute approximate surface area is 95.4 Å². The molecule has 2 aliphatic heterocycles. The molecule has 5 heteroatoms. The molecular weight excluding hydrogens is 208 g/mol. The van der Waals surface area contributed by atoms with Gasteiger partial charge in [0.15, 0.2) is 0 Å². The van der Waals surface area contributed by atoms with E-state index in [0.29, 0.717) is 19.0 Å². The van der Waals surface area contributed by atoms with E-state index in [0.717, 1.165) is 25.9 Å². The Morgan fingerprint density at radius 1 is 1.62 bits per heavy atom. The SMILES string of the molecule is CNCC1CCCN1C(=O)C1=COCCO1. The molecule has 1 fully saturated rings. The summed E-state index contributed by atoms with van der Waals surface area (Å²) in [6.45, 7) is 2.63. The van der Waals surface area contributed by atoms with Crippen LogP contribution in [0.5, 0.6) is 0 Å². The van der Waals surface area contributed by atoms with Gasteiger partial charge >= 0.3 is 0 Å². The van der Waals surface area contributed by atoms with E-state index in [-0.39, 0.29) is 11.9 Å². The van der Waals surface area contributed by atoms with Crippen molar-refractivity contribution in [3.05, 3.63) is 12.0 Å². The van der Waals surface area contributed by atoms with Gasteiger partial charge in [0.1, 0.15) is 19.5 Å². The van der Waals surface area contributed by atoms with Gasteiger partial charge < -0.3 is 19.7 Å². The van der Waals surface area contributed by atoms with Crippen molar-refractivity contribution in [3.8, 4) is 0 Å². The predicted molar refractivity (Wildman–Crippen MR) is 58.6 cm³/mol. The number of ether oxygens (including phenoxy) is 2. The summed E-state index contributed by atoms with van der Waals surface area (Å²) >= 11 is 0. The molecule has 0 radical (unpaired) electrons. The molecule has 16 heavy (non-hydrogen) atoms. The summed E-state index contributed by atoms with van der Waals surface area (Å²) in [6, 6.07) is 0.281. The quantitative estimate of drug-likeness (QED) is 0.740. The molecule has 1 N–H and O–H groups in total. The Balaban J connectivity index is 2.00. The first kappa shape index (κ1) is 11.3. The van der Waals surface area contributed by atoms with E-state index in [1.165, 1.54) is 6.26 Å². The van der Waals surface area contributed by atoms with Crippen LogP contribution in [0, 0.1) is 0 Å². The van der Waals surface area contributed by atoms with Gasteiger partial charge in [0.05, 0.1) is 0 Å². The second-order valence-corrected chi connectivity index (χ2v) is 4.05. The van der Waals surface area contributed by atoms with Crippen LogP contribution in [-0.2, 0) is 14.3 Å². The fourth-order valence-corrected chi connectivity index (χ4v) is 2.17. The van der Waals surface area contributed by atoms with E-state index in [1.807, 2.05) is 11.9 Å². The first-order chi connectivity index (χ1) is 7.83. The van der Waals surface area contributed by atoms with Crippen LogP contribution in [0.15, 0.2) is 12.0 Å². The van der Waals surface area contributed by atoms with Crippen molar-refractivity contribution < 1.29 is 14.3 Å². The van der Waals surface area contributed by atoms with Crippen LogP contribution in [0.1, 0.15) is 12.8 Å². The van der Waals surface area contributed by atoms with E-state index in [1.54, 1.807) is 0 Å². The highest BCUT2D eigenvalue weighted by atomic mass is 16.6. The normalized spacial score (nSPS) is 24.7. The Hall–Kier alpha value is -1.23. The van der Waals surface area contributed by atoms with Crippen LogP contribution < -0.4 is 5.32 Å². The van der Waals surface area contributed by atoms with Crippen LogP contribution in [0.4, 0.5) is 0 Å². The zero-order valence-electron chi connectivity index (χ0n) is 9.57. The summed E-state index contributed by atoms with van der Waals surface area (Å²) in [7, 11) is 1.90. The van der Waals surface area contributed by atoms with Crippen LogP contribution in [0.25, 0.3) is 0 Å². The number of nitrogens with zero attached hydrogens (tertiary/aromatic N) is 1. The summed E-state index contributed by atoms with van der Waals surface area (Å²) in [5.74, 6) is 0.298. The second-order valence-electron chi connectivity index (χ2n) is 4.05. The standard InChI is InChI=1S/C11H18N2O3/c1-12-7-9-3-2-4-13(9)11(14)10-8-15-5-6-16-10/h8-9,12H,2-7H2,1H3. The minimum atomic E-state index is -0.0440. The lowest BCUT2D eigenvalue weighted by Gasteiger charge is -2.26. The van der Waals surface area contributed by atoms with Gasteiger partial charge in [-0.2, -0.15) is 0 Å². The van der Waals surface area contributed by atoms with Crippen LogP contribution >= 0.6 is 0 Å². The highest BCUT2D eigenvalue weighted by Crippen LogP contribution is 2.20. The monoisotopic (exact) mass is 226 g/mol. The topological polar surface area (TPSA) is 50.8 Å². The molecule has 0 aromatic heterocycles. The first-order valence-corrected chi connectivity index (χ1v) is 5.73. The second kappa shape index (κ2) is 5.21. The van der Waals surface area contributed by atoms with E-state index < -0.39 is 0 Å². The molecule has 0 spiro atoms. The van der Waals surface area contributed by atoms with Crippen molar-refractivity contribution in [2.45, 2.75) is 18.9 Å². The van der Waals surface area contributed by atoms with Gasteiger partial charge in [0, 0.05) is 19.1 Å².